The number of nitrogens with zero attached hydrogens (tertiary/aromatic N) is 2. The highest BCUT2D eigenvalue weighted by Crippen LogP contribution is 2.53. The molecule has 3 amide bonds. The van der Waals surface area contributed by atoms with Gasteiger partial charge in [-0.05, 0) is 24.3 Å². The van der Waals surface area contributed by atoms with Crippen LogP contribution in [0.1, 0.15) is 31.2 Å². The lowest BCUT2D eigenvalue weighted by Crippen LogP contribution is -2.66. The number of fused-ring (bicyclic) bond motifs is 1. The number of benzene rings is 1. The lowest BCUT2D eigenvalue weighted by molar-refractivity contribution is -0.130. The van der Waals surface area contributed by atoms with Gasteiger partial charge in [-0.2, -0.15) is 0 Å². The van der Waals surface area contributed by atoms with E-state index in [2.05, 4.69) is 40.5 Å². The van der Waals surface area contributed by atoms with Crippen LogP contribution < -0.4 is 5.32 Å². The third-order valence-electron chi connectivity index (χ3n) is 5.85. The first-order valence-corrected chi connectivity index (χ1v) is 8.60. The van der Waals surface area contributed by atoms with Gasteiger partial charge in [0.1, 0.15) is 0 Å². The molecule has 2 saturated heterocycles. The number of carbonyl (C=O) groups is 2. The average molecular weight is 313 g/mol. The van der Waals surface area contributed by atoms with Crippen molar-refractivity contribution in [3.63, 3.8) is 0 Å². The van der Waals surface area contributed by atoms with Crippen molar-refractivity contribution in [1.82, 2.24) is 15.1 Å². The lowest BCUT2D eigenvalue weighted by Gasteiger charge is -2.62. The molecule has 2 aliphatic heterocycles. The van der Waals surface area contributed by atoms with E-state index in [9.17, 15) is 9.59 Å². The molecule has 1 saturated carbocycles. The first kappa shape index (κ1) is 14.7. The molecule has 23 heavy (non-hydrogen) atoms. The fourth-order valence-corrected chi connectivity index (χ4v) is 4.69. The Bertz CT molecular complexity index is 602. The summed E-state index contributed by atoms with van der Waals surface area (Å²) in [6.07, 6.45) is 5.04. The molecule has 4 rings (SSSR count). The van der Waals surface area contributed by atoms with Crippen LogP contribution in [0.15, 0.2) is 30.3 Å². The Balaban J connectivity index is 1.52. The number of amides is 3. The molecule has 3 fully saturated rings. The van der Waals surface area contributed by atoms with Gasteiger partial charge < -0.3 is 5.32 Å². The molecule has 5 nitrogen and oxygen atoms in total. The average Bonchev–Trinajstić information content (AvgIpc) is 2.88. The van der Waals surface area contributed by atoms with Gasteiger partial charge in [0, 0.05) is 19.6 Å². The van der Waals surface area contributed by atoms with E-state index in [1.165, 1.54) is 36.1 Å². The van der Waals surface area contributed by atoms with Crippen LogP contribution in [0.25, 0.3) is 0 Å². The summed E-state index contributed by atoms with van der Waals surface area (Å²) in [7, 11) is 0. The Kier molecular flexibility index (Phi) is 3.60. The van der Waals surface area contributed by atoms with E-state index in [1.54, 1.807) is 0 Å². The van der Waals surface area contributed by atoms with Crippen LogP contribution >= 0.6 is 0 Å². The minimum atomic E-state index is -0.246. The zero-order valence-corrected chi connectivity index (χ0v) is 13.3. The molecule has 5 heteroatoms. The zero-order chi connectivity index (χ0) is 15.9. The maximum Gasteiger partial charge on any atom is 0.324 e. The second kappa shape index (κ2) is 5.64. The largest absolute Gasteiger partial charge is 0.329 e. The number of carbonyl (C=O) groups excluding carboxylic acids is 2. The van der Waals surface area contributed by atoms with E-state index in [-0.39, 0.29) is 24.0 Å². The molecule has 1 N–H and O–H groups in total. The third kappa shape index (κ3) is 2.26. The van der Waals surface area contributed by atoms with Gasteiger partial charge in [-0.3, -0.25) is 14.6 Å². The molecule has 0 radical (unpaired) electrons. The molecule has 0 aromatic heterocycles. The van der Waals surface area contributed by atoms with Gasteiger partial charge in [-0.15, -0.1) is 0 Å². The van der Waals surface area contributed by atoms with Crippen LogP contribution in [0.2, 0.25) is 0 Å². The van der Waals surface area contributed by atoms with Gasteiger partial charge in [0.05, 0.1) is 12.1 Å². The summed E-state index contributed by atoms with van der Waals surface area (Å²) in [5, 5.41) is 2.60. The monoisotopic (exact) mass is 313 g/mol. The highest BCUT2D eigenvalue weighted by Gasteiger charge is 2.54. The van der Waals surface area contributed by atoms with Crippen LogP contribution in [0, 0.1) is 5.92 Å². The number of imide groups is 1. The minimum Gasteiger partial charge on any atom is -0.329 e. The number of hydrogen-bond donors (Lipinski definition) is 1. The van der Waals surface area contributed by atoms with E-state index < -0.39 is 0 Å². The predicted molar refractivity (Wildman–Crippen MR) is 86.8 cm³/mol. The summed E-state index contributed by atoms with van der Waals surface area (Å²) in [6, 6.07) is 10.5. The predicted octanol–water partition coefficient (Wildman–Crippen LogP) is 1.94. The van der Waals surface area contributed by atoms with Crippen molar-refractivity contribution in [2.24, 2.45) is 5.92 Å². The van der Waals surface area contributed by atoms with Gasteiger partial charge in [0.2, 0.25) is 5.91 Å². The second-order valence-electron chi connectivity index (χ2n) is 6.88. The number of likely N-dealkylation sites (tertiary alicyclic amines) is 1. The molecule has 1 aliphatic carbocycles. The van der Waals surface area contributed by atoms with E-state index >= 15 is 0 Å². The zero-order valence-electron chi connectivity index (χ0n) is 13.3. The molecular weight excluding hydrogens is 290 g/mol. The van der Waals surface area contributed by atoms with Crippen LogP contribution in [-0.2, 0) is 10.3 Å². The highest BCUT2D eigenvalue weighted by atomic mass is 16.2. The van der Waals surface area contributed by atoms with E-state index in [0.29, 0.717) is 12.5 Å². The number of hydrogen-bond acceptors (Lipinski definition) is 3. The van der Waals surface area contributed by atoms with Gasteiger partial charge in [0.25, 0.3) is 0 Å². The summed E-state index contributed by atoms with van der Waals surface area (Å²) < 4.78 is 0. The normalized spacial score (nSPS) is 30.8. The number of nitrogens with one attached hydrogen (secondary N) is 1. The molecule has 2 atom stereocenters. The third-order valence-corrected chi connectivity index (χ3v) is 5.85. The molecule has 0 bridgehead atoms. The van der Waals surface area contributed by atoms with Crippen molar-refractivity contribution in [2.45, 2.75) is 31.2 Å². The van der Waals surface area contributed by atoms with Crippen molar-refractivity contribution < 1.29 is 9.59 Å². The Hall–Kier alpha value is -1.88. The smallest absolute Gasteiger partial charge is 0.324 e. The molecule has 0 spiro atoms. The fraction of sp³-hybridized carbons (Fsp3) is 0.556. The van der Waals surface area contributed by atoms with Gasteiger partial charge in [-0.25, -0.2) is 4.79 Å². The van der Waals surface area contributed by atoms with Crippen LogP contribution in [0.5, 0.6) is 0 Å². The first-order valence-electron chi connectivity index (χ1n) is 8.60. The van der Waals surface area contributed by atoms with Crippen LogP contribution in [0.3, 0.4) is 0 Å². The Labute approximate surface area is 136 Å². The minimum absolute atomic E-state index is 0.107. The van der Waals surface area contributed by atoms with E-state index in [4.69, 9.17) is 0 Å². The van der Waals surface area contributed by atoms with Gasteiger partial charge >= 0.3 is 6.03 Å². The second-order valence-corrected chi connectivity index (χ2v) is 6.88. The van der Waals surface area contributed by atoms with Crippen molar-refractivity contribution in [2.75, 3.05) is 26.2 Å². The molecule has 122 valence electrons. The number of rotatable bonds is 4. The SMILES string of the molecule is O=C1CNC(=O)N1CCN1C[C@H]2CCCC[C@@]21c1ccccc1. The lowest BCUT2D eigenvalue weighted by atomic mass is 9.62. The van der Waals surface area contributed by atoms with Crippen LogP contribution in [-0.4, -0.2) is 47.9 Å². The molecular formula is C18H23N3O2. The first-order chi connectivity index (χ1) is 11.2. The summed E-state index contributed by atoms with van der Waals surface area (Å²) >= 11 is 0. The fourth-order valence-electron chi connectivity index (χ4n) is 4.69. The summed E-state index contributed by atoms with van der Waals surface area (Å²) in [4.78, 5) is 27.3. The molecule has 0 unspecified atom stereocenters. The maximum atomic E-state index is 11.8. The summed E-state index contributed by atoms with van der Waals surface area (Å²) in [6.45, 7) is 2.49. The molecule has 3 aliphatic rings. The summed E-state index contributed by atoms with van der Waals surface area (Å²) in [5.41, 5.74) is 1.52. The quantitative estimate of drug-likeness (QED) is 0.864. The Morgan fingerprint density at radius 2 is 1.96 bits per heavy atom. The maximum absolute atomic E-state index is 11.8. The molecule has 2 heterocycles. The Morgan fingerprint density at radius 3 is 2.65 bits per heavy atom. The van der Waals surface area contributed by atoms with E-state index in [0.717, 1.165) is 13.1 Å². The standard InChI is InChI=1S/C18H23N3O2/c22-16-12-19-17(23)21(16)11-10-20-13-15-8-4-5-9-18(15,20)14-6-2-1-3-7-14/h1-3,6-7,15H,4-5,8-13H2,(H,19,23)/t15-,18-/m1/s1. The Morgan fingerprint density at radius 1 is 1.13 bits per heavy atom. The van der Waals surface area contributed by atoms with Crippen molar-refractivity contribution in [3.05, 3.63) is 35.9 Å². The van der Waals surface area contributed by atoms with Crippen molar-refractivity contribution in [1.29, 1.82) is 0 Å². The van der Waals surface area contributed by atoms with Crippen molar-refractivity contribution >= 4 is 11.9 Å². The summed E-state index contributed by atoms with van der Waals surface area (Å²) in [5.74, 6) is 0.603. The molecule has 1 aromatic carbocycles. The van der Waals surface area contributed by atoms with E-state index in [1.807, 2.05) is 0 Å². The van der Waals surface area contributed by atoms with Crippen molar-refractivity contribution in [3.8, 4) is 0 Å². The van der Waals surface area contributed by atoms with Crippen LogP contribution in [0.4, 0.5) is 4.79 Å². The highest BCUT2D eigenvalue weighted by molar-refractivity contribution is 6.01. The van der Waals surface area contributed by atoms with Gasteiger partial charge in [0.15, 0.2) is 0 Å². The number of urea groups is 1. The topological polar surface area (TPSA) is 52.7 Å². The van der Waals surface area contributed by atoms with Gasteiger partial charge in [-0.1, -0.05) is 43.2 Å². The molecule has 1 aromatic rings.